The van der Waals surface area contributed by atoms with Gasteiger partial charge in [0.1, 0.15) is 15.7 Å². The number of hydrogen-bond acceptors (Lipinski definition) is 4. The Kier molecular flexibility index (Phi) is 5.35. The molecule has 1 N–H and O–H groups in total. The molecule has 0 fully saturated rings. The molecule has 1 atom stereocenters. The van der Waals surface area contributed by atoms with Crippen LogP contribution < -0.4 is 5.32 Å². The zero-order valence-electron chi connectivity index (χ0n) is 12.2. The number of benzene rings is 1. The predicted octanol–water partition coefficient (Wildman–Crippen LogP) is 3.52. The number of thiophene rings is 1. The molecule has 1 aromatic heterocycles. The highest BCUT2D eigenvalue weighted by Crippen LogP contribution is 2.32. The van der Waals surface area contributed by atoms with E-state index in [0.717, 1.165) is 27.9 Å². The maximum Gasteiger partial charge on any atom is 0.147 e. The molecule has 0 aliphatic carbocycles. The molecule has 1 aromatic carbocycles. The van der Waals surface area contributed by atoms with Crippen LogP contribution in [0.15, 0.2) is 24.3 Å². The number of nitrogens with one attached hydrogen (secondary N) is 1. The Balaban J connectivity index is 2.15. The van der Waals surface area contributed by atoms with Crippen LogP contribution in [0.4, 0.5) is 4.39 Å². The van der Waals surface area contributed by atoms with Gasteiger partial charge in [-0.2, -0.15) is 0 Å². The normalized spacial score (nSPS) is 13.7. The van der Waals surface area contributed by atoms with Crippen molar-refractivity contribution in [2.45, 2.75) is 25.8 Å². The van der Waals surface area contributed by atoms with Crippen LogP contribution >= 0.6 is 11.3 Å². The molecule has 0 aliphatic heterocycles. The van der Waals surface area contributed by atoms with Gasteiger partial charge in [0, 0.05) is 27.6 Å². The topological polar surface area (TPSA) is 46.2 Å². The Morgan fingerprint density at radius 2 is 2.10 bits per heavy atom. The van der Waals surface area contributed by atoms with Gasteiger partial charge >= 0.3 is 0 Å². The summed E-state index contributed by atoms with van der Waals surface area (Å²) in [7, 11) is -2.92. The molecule has 0 aliphatic rings. The summed E-state index contributed by atoms with van der Waals surface area (Å²) in [4.78, 5) is 1.13. The lowest BCUT2D eigenvalue weighted by Gasteiger charge is -2.15. The fourth-order valence-electron chi connectivity index (χ4n) is 2.34. The molecule has 0 amide bonds. The highest BCUT2D eigenvalue weighted by molar-refractivity contribution is 7.90. The van der Waals surface area contributed by atoms with Gasteiger partial charge in [0.15, 0.2) is 0 Å². The standard InChI is InChI=1S/C15H20FNO2S2/c1-3-17-13(5-4-8-21(2,18)19)15-9-11-6-7-12(16)10-14(11)20-15/h6-7,9-10,13,17H,3-5,8H2,1-2H3. The second kappa shape index (κ2) is 6.85. The first kappa shape index (κ1) is 16.4. The molecule has 2 aromatic rings. The third-order valence-electron chi connectivity index (χ3n) is 3.30. The van der Waals surface area contributed by atoms with Crippen LogP contribution in [0.1, 0.15) is 30.7 Å². The summed E-state index contributed by atoms with van der Waals surface area (Å²) in [6.07, 6.45) is 2.65. The number of rotatable bonds is 7. The number of sulfone groups is 1. The lowest BCUT2D eigenvalue weighted by Crippen LogP contribution is -2.20. The number of halogens is 1. The average Bonchev–Trinajstić information content (AvgIpc) is 2.79. The minimum absolute atomic E-state index is 0.122. The molecule has 2 rings (SSSR count). The van der Waals surface area contributed by atoms with Crippen LogP contribution in [0.3, 0.4) is 0 Å². The monoisotopic (exact) mass is 329 g/mol. The van der Waals surface area contributed by atoms with E-state index in [9.17, 15) is 12.8 Å². The Morgan fingerprint density at radius 3 is 2.76 bits per heavy atom. The summed E-state index contributed by atoms with van der Waals surface area (Å²) in [6, 6.07) is 6.97. The van der Waals surface area contributed by atoms with Gasteiger partial charge in [-0.25, -0.2) is 12.8 Å². The SMILES string of the molecule is CCNC(CCCS(C)(=O)=O)c1cc2ccc(F)cc2s1. The molecule has 1 unspecified atom stereocenters. The zero-order chi connectivity index (χ0) is 15.5. The molecule has 0 saturated carbocycles. The smallest absolute Gasteiger partial charge is 0.147 e. The Hall–Kier alpha value is -0.980. The van der Waals surface area contributed by atoms with Gasteiger partial charge in [-0.15, -0.1) is 11.3 Å². The molecule has 3 nitrogen and oxygen atoms in total. The summed E-state index contributed by atoms with van der Waals surface area (Å²) in [5.41, 5.74) is 0. The van der Waals surface area contributed by atoms with Gasteiger partial charge in [0.05, 0.1) is 0 Å². The van der Waals surface area contributed by atoms with Crippen LogP contribution in [0.2, 0.25) is 0 Å². The van der Waals surface area contributed by atoms with E-state index >= 15 is 0 Å². The lowest BCUT2D eigenvalue weighted by atomic mass is 10.1. The second-order valence-corrected chi connectivity index (χ2v) is 8.59. The van der Waals surface area contributed by atoms with Crippen molar-refractivity contribution >= 4 is 31.3 Å². The largest absolute Gasteiger partial charge is 0.310 e. The second-order valence-electron chi connectivity index (χ2n) is 5.21. The van der Waals surface area contributed by atoms with Gasteiger partial charge in [0.25, 0.3) is 0 Å². The molecular weight excluding hydrogens is 309 g/mol. The molecule has 0 saturated heterocycles. The number of hydrogen-bond donors (Lipinski definition) is 1. The van der Waals surface area contributed by atoms with Gasteiger partial charge in [-0.1, -0.05) is 13.0 Å². The van der Waals surface area contributed by atoms with Crippen molar-refractivity contribution in [3.63, 3.8) is 0 Å². The number of fused-ring (bicyclic) bond motifs is 1. The van der Waals surface area contributed by atoms with Crippen molar-refractivity contribution in [3.05, 3.63) is 35.0 Å². The zero-order valence-corrected chi connectivity index (χ0v) is 13.9. The van der Waals surface area contributed by atoms with Crippen LogP contribution in [-0.4, -0.2) is 27.0 Å². The summed E-state index contributed by atoms with van der Waals surface area (Å²) >= 11 is 1.57. The maximum absolute atomic E-state index is 13.3. The molecule has 0 bridgehead atoms. The summed E-state index contributed by atoms with van der Waals surface area (Å²) in [5.74, 6) is -0.0259. The van der Waals surface area contributed by atoms with Crippen molar-refractivity contribution in [3.8, 4) is 0 Å². The Morgan fingerprint density at radius 1 is 1.33 bits per heavy atom. The van der Waals surface area contributed by atoms with Crippen molar-refractivity contribution < 1.29 is 12.8 Å². The van der Waals surface area contributed by atoms with Crippen molar-refractivity contribution in [2.24, 2.45) is 0 Å². The van der Waals surface area contributed by atoms with Crippen molar-refractivity contribution in [2.75, 3.05) is 18.6 Å². The molecule has 6 heteroatoms. The molecule has 116 valence electrons. The first-order valence-electron chi connectivity index (χ1n) is 6.99. The highest BCUT2D eigenvalue weighted by Gasteiger charge is 2.15. The van der Waals surface area contributed by atoms with Crippen LogP contribution in [0.5, 0.6) is 0 Å². The Labute approximate surface area is 129 Å². The van der Waals surface area contributed by atoms with E-state index in [0.29, 0.717) is 6.42 Å². The Bertz CT molecular complexity index is 710. The van der Waals surface area contributed by atoms with E-state index in [-0.39, 0.29) is 17.6 Å². The molecule has 21 heavy (non-hydrogen) atoms. The third kappa shape index (κ3) is 4.76. The first-order chi connectivity index (χ1) is 9.89. The van der Waals surface area contributed by atoms with Crippen LogP contribution in [0.25, 0.3) is 10.1 Å². The van der Waals surface area contributed by atoms with Crippen LogP contribution in [-0.2, 0) is 9.84 Å². The van der Waals surface area contributed by atoms with Crippen molar-refractivity contribution in [1.82, 2.24) is 5.32 Å². The van der Waals surface area contributed by atoms with E-state index < -0.39 is 9.84 Å². The van der Waals surface area contributed by atoms with Gasteiger partial charge in [-0.3, -0.25) is 0 Å². The van der Waals surface area contributed by atoms with Crippen molar-refractivity contribution in [1.29, 1.82) is 0 Å². The minimum Gasteiger partial charge on any atom is -0.310 e. The fourth-order valence-corrected chi connectivity index (χ4v) is 4.23. The first-order valence-corrected chi connectivity index (χ1v) is 9.87. The maximum atomic E-state index is 13.3. The molecule has 0 spiro atoms. The van der Waals surface area contributed by atoms with Gasteiger partial charge in [-0.05, 0) is 43.0 Å². The summed E-state index contributed by atoms with van der Waals surface area (Å²) in [5, 5.41) is 4.41. The van der Waals surface area contributed by atoms with Crippen LogP contribution in [0, 0.1) is 5.82 Å². The summed E-state index contributed by atoms with van der Waals surface area (Å²) < 4.78 is 36.6. The highest BCUT2D eigenvalue weighted by atomic mass is 32.2. The quantitative estimate of drug-likeness (QED) is 0.845. The predicted molar refractivity (Wildman–Crippen MR) is 87.1 cm³/mol. The van der Waals surface area contributed by atoms with Gasteiger partial charge < -0.3 is 5.32 Å². The van der Waals surface area contributed by atoms with E-state index in [1.165, 1.54) is 12.3 Å². The third-order valence-corrected chi connectivity index (χ3v) is 5.54. The minimum atomic E-state index is -2.92. The van der Waals surface area contributed by atoms with E-state index in [1.54, 1.807) is 23.5 Å². The van der Waals surface area contributed by atoms with E-state index in [1.807, 2.05) is 6.92 Å². The van der Waals surface area contributed by atoms with Gasteiger partial charge in [0.2, 0.25) is 0 Å². The molecule has 1 heterocycles. The lowest BCUT2D eigenvalue weighted by molar-refractivity contribution is 0.514. The molecule has 0 radical (unpaired) electrons. The fraction of sp³-hybridized carbons (Fsp3) is 0.467. The summed E-state index contributed by atoms with van der Waals surface area (Å²) in [6.45, 7) is 2.84. The average molecular weight is 329 g/mol. The van der Waals surface area contributed by atoms with E-state index in [4.69, 9.17) is 0 Å². The van der Waals surface area contributed by atoms with E-state index in [2.05, 4.69) is 11.4 Å². The molecular formula is C15H20FNO2S2.